The van der Waals surface area contributed by atoms with Gasteiger partial charge in [-0.3, -0.25) is 4.79 Å². The number of rotatable bonds is 7. The lowest BCUT2D eigenvalue weighted by Crippen LogP contribution is -2.37. The minimum absolute atomic E-state index is 0.0756. The van der Waals surface area contributed by atoms with Crippen LogP contribution in [0.15, 0.2) is 53.4 Å². The highest BCUT2D eigenvalue weighted by Crippen LogP contribution is 2.23. The standard InChI is InChI=1S/C20H25FN2O3S/c1-20(2,3)16-8-10-17(11-9-16)27(25,26)23-14-19(24)22-13-12-15-6-4-5-7-18(15)21/h4-11,23H,12-14H2,1-3H3,(H,22,24). The van der Waals surface area contributed by atoms with Gasteiger partial charge < -0.3 is 5.32 Å². The SMILES string of the molecule is CC(C)(C)c1ccc(S(=O)(=O)NCC(=O)NCCc2ccccc2F)cc1. The van der Waals surface area contributed by atoms with E-state index in [0.29, 0.717) is 12.0 Å². The van der Waals surface area contributed by atoms with Gasteiger partial charge in [0, 0.05) is 6.54 Å². The second-order valence-electron chi connectivity index (χ2n) is 7.29. The second kappa shape index (κ2) is 8.63. The fraction of sp³-hybridized carbons (Fsp3) is 0.350. The number of hydrogen-bond donors (Lipinski definition) is 2. The van der Waals surface area contributed by atoms with Crippen LogP contribution in [0.5, 0.6) is 0 Å². The molecule has 0 unspecified atom stereocenters. The lowest BCUT2D eigenvalue weighted by atomic mass is 9.87. The third-order valence-corrected chi connectivity index (χ3v) is 5.54. The van der Waals surface area contributed by atoms with Gasteiger partial charge in [0.25, 0.3) is 0 Å². The topological polar surface area (TPSA) is 75.3 Å². The van der Waals surface area contributed by atoms with Crippen LogP contribution in [0, 0.1) is 5.82 Å². The zero-order valence-corrected chi connectivity index (χ0v) is 16.6. The minimum atomic E-state index is -3.77. The van der Waals surface area contributed by atoms with Crippen molar-refractivity contribution in [2.24, 2.45) is 0 Å². The summed E-state index contributed by atoms with van der Waals surface area (Å²) in [5, 5.41) is 2.58. The first-order valence-corrected chi connectivity index (χ1v) is 10.2. The van der Waals surface area contributed by atoms with Gasteiger partial charge in [0.15, 0.2) is 0 Å². The molecule has 0 aliphatic rings. The van der Waals surface area contributed by atoms with Crippen LogP contribution in [0.1, 0.15) is 31.9 Å². The van der Waals surface area contributed by atoms with Crippen molar-refractivity contribution in [2.75, 3.05) is 13.1 Å². The number of nitrogens with one attached hydrogen (secondary N) is 2. The zero-order valence-electron chi connectivity index (χ0n) is 15.8. The summed E-state index contributed by atoms with van der Waals surface area (Å²) in [6, 6.07) is 12.9. The number of amides is 1. The maximum Gasteiger partial charge on any atom is 0.241 e. The van der Waals surface area contributed by atoms with Gasteiger partial charge in [0.2, 0.25) is 15.9 Å². The van der Waals surface area contributed by atoms with Crippen LogP contribution in [0.2, 0.25) is 0 Å². The van der Waals surface area contributed by atoms with Crippen molar-refractivity contribution in [3.8, 4) is 0 Å². The highest BCUT2D eigenvalue weighted by Gasteiger charge is 2.18. The predicted octanol–water partition coefficient (Wildman–Crippen LogP) is 2.76. The molecule has 1 amide bonds. The highest BCUT2D eigenvalue weighted by atomic mass is 32.2. The molecular formula is C20H25FN2O3S. The summed E-state index contributed by atoms with van der Waals surface area (Å²) in [7, 11) is -3.77. The molecular weight excluding hydrogens is 367 g/mol. The first-order valence-electron chi connectivity index (χ1n) is 8.70. The summed E-state index contributed by atoms with van der Waals surface area (Å²) in [4.78, 5) is 12.0. The second-order valence-corrected chi connectivity index (χ2v) is 9.06. The van der Waals surface area contributed by atoms with E-state index in [2.05, 4.69) is 10.0 Å². The van der Waals surface area contributed by atoms with E-state index in [0.717, 1.165) is 5.56 Å². The molecule has 0 radical (unpaired) electrons. The monoisotopic (exact) mass is 392 g/mol. The molecule has 0 fully saturated rings. The molecule has 2 aromatic carbocycles. The summed E-state index contributed by atoms with van der Waals surface area (Å²) in [6.45, 7) is 5.98. The Balaban J connectivity index is 1.85. The van der Waals surface area contributed by atoms with Gasteiger partial charge in [-0.15, -0.1) is 0 Å². The molecule has 0 bridgehead atoms. The molecule has 0 aliphatic carbocycles. The molecule has 7 heteroatoms. The minimum Gasteiger partial charge on any atom is -0.355 e. The number of sulfonamides is 1. The van der Waals surface area contributed by atoms with Crippen molar-refractivity contribution in [2.45, 2.75) is 37.5 Å². The normalized spacial score (nSPS) is 12.0. The van der Waals surface area contributed by atoms with Crippen LogP contribution in [-0.4, -0.2) is 27.4 Å². The van der Waals surface area contributed by atoms with Crippen molar-refractivity contribution in [3.05, 3.63) is 65.5 Å². The molecule has 2 rings (SSSR count). The van der Waals surface area contributed by atoms with Crippen molar-refractivity contribution in [3.63, 3.8) is 0 Å². The van der Waals surface area contributed by atoms with E-state index in [1.54, 1.807) is 30.3 Å². The van der Waals surface area contributed by atoms with E-state index >= 15 is 0 Å². The number of hydrogen-bond acceptors (Lipinski definition) is 3. The first-order chi connectivity index (χ1) is 12.6. The number of benzene rings is 2. The van der Waals surface area contributed by atoms with E-state index in [9.17, 15) is 17.6 Å². The van der Waals surface area contributed by atoms with Gasteiger partial charge in [-0.1, -0.05) is 51.1 Å². The summed E-state index contributed by atoms with van der Waals surface area (Å²) in [6.07, 6.45) is 0.333. The Labute approximate surface area is 160 Å². The van der Waals surface area contributed by atoms with Crippen molar-refractivity contribution >= 4 is 15.9 Å². The molecule has 0 atom stereocenters. The molecule has 2 N–H and O–H groups in total. The Bertz CT molecular complexity index is 888. The van der Waals surface area contributed by atoms with Gasteiger partial charge in [0.05, 0.1) is 11.4 Å². The summed E-state index contributed by atoms with van der Waals surface area (Å²) in [5.41, 5.74) is 1.44. The first kappa shape index (κ1) is 21.1. The molecule has 0 spiro atoms. The predicted molar refractivity (Wildman–Crippen MR) is 103 cm³/mol. The average molecular weight is 392 g/mol. The average Bonchev–Trinajstić information content (AvgIpc) is 2.61. The quantitative estimate of drug-likeness (QED) is 0.761. The summed E-state index contributed by atoms with van der Waals surface area (Å²) in [5.74, 6) is -0.799. The molecule has 0 saturated carbocycles. The van der Waals surface area contributed by atoms with Crippen LogP contribution in [0.3, 0.4) is 0 Å². The molecule has 27 heavy (non-hydrogen) atoms. The summed E-state index contributed by atoms with van der Waals surface area (Å²) < 4.78 is 40.4. The van der Waals surface area contributed by atoms with Gasteiger partial charge in [-0.25, -0.2) is 17.5 Å². The van der Waals surface area contributed by atoms with Gasteiger partial charge in [-0.2, -0.15) is 0 Å². The van der Waals surface area contributed by atoms with Crippen molar-refractivity contribution < 1.29 is 17.6 Å². The lowest BCUT2D eigenvalue weighted by Gasteiger charge is -2.19. The maximum atomic E-state index is 13.5. The van der Waals surface area contributed by atoms with E-state index in [1.807, 2.05) is 20.8 Å². The molecule has 0 aromatic heterocycles. The van der Waals surface area contributed by atoms with Crippen LogP contribution < -0.4 is 10.0 Å². The van der Waals surface area contributed by atoms with E-state index < -0.39 is 15.9 Å². The Kier molecular flexibility index (Phi) is 6.73. The van der Waals surface area contributed by atoms with Gasteiger partial charge in [0.1, 0.15) is 5.82 Å². The molecule has 2 aromatic rings. The number of halogens is 1. The van der Waals surface area contributed by atoms with Crippen LogP contribution >= 0.6 is 0 Å². The molecule has 146 valence electrons. The van der Waals surface area contributed by atoms with Crippen LogP contribution in [0.4, 0.5) is 4.39 Å². The Hall–Kier alpha value is -2.25. The summed E-state index contributed by atoms with van der Waals surface area (Å²) >= 11 is 0. The molecule has 0 aliphatic heterocycles. The highest BCUT2D eigenvalue weighted by molar-refractivity contribution is 7.89. The molecule has 0 heterocycles. The smallest absolute Gasteiger partial charge is 0.241 e. The number of carbonyl (C=O) groups is 1. The Morgan fingerprint density at radius 1 is 1.04 bits per heavy atom. The molecule has 5 nitrogen and oxygen atoms in total. The Morgan fingerprint density at radius 2 is 1.67 bits per heavy atom. The fourth-order valence-corrected chi connectivity index (χ4v) is 3.46. The van der Waals surface area contributed by atoms with E-state index in [1.165, 1.54) is 18.2 Å². The van der Waals surface area contributed by atoms with E-state index in [-0.39, 0.29) is 29.2 Å². The lowest BCUT2D eigenvalue weighted by molar-refractivity contribution is -0.119. The third-order valence-electron chi connectivity index (χ3n) is 4.13. The van der Waals surface area contributed by atoms with Crippen molar-refractivity contribution in [1.29, 1.82) is 0 Å². The third kappa shape index (κ3) is 6.15. The Morgan fingerprint density at radius 3 is 2.26 bits per heavy atom. The van der Waals surface area contributed by atoms with Crippen LogP contribution in [0.25, 0.3) is 0 Å². The van der Waals surface area contributed by atoms with Gasteiger partial charge in [-0.05, 0) is 41.2 Å². The van der Waals surface area contributed by atoms with E-state index in [4.69, 9.17) is 0 Å². The van der Waals surface area contributed by atoms with Gasteiger partial charge >= 0.3 is 0 Å². The number of carbonyl (C=O) groups excluding carboxylic acids is 1. The zero-order chi connectivity index (χ0) is 20.1. The fourth-order valence-electron chi connectivity index (χ4n) is 2.48. The van der Waals surface area contributed by atoms with Crippen molar-refractivity contribution in [1.82, 2.24) is 10.0 Å². The van der Waals surface area contributed by atoms with Crippen LogP contribution in [-0.2, 0) is 26.7 Å². The largest absolute Gasteiger partial charge is 0.355 e. The maximum absolute atomic E-state index is 13.5. The molecule has 0 saturated heterocycles.